The Labute approximate surface area is 144 Å². The van der Waals surface area contributed by atoms with E-state index in [0.717, 1.165) is 27.9 Å². The van der Waals surface area contributed by atoms with E-state index >= 15 is 0 Å². The molecule has 0 saturated carbocycles. The van der Waals surface area contributed by atoms with Crippen LogP contribution in [-0.2, 0) is 4.79 Å². The first-order valence-corrected chi connectivity index (χ1v) is 8.12. The van der Waals surface area contributed by atoms with Gasteiger partial charge >= 0.3 is 0 Å². The quantitative estimate of drug-likeness (QED) is 0.773. The SMILES string of the molecule is CCC(=O)Nc1nc2ccc(C3=NCC(=O)c4ccccc43)cc2[nH]1. The number of benzene rings is 2. The highest BCUT2D eigenvalue weighted by Gasteiger charge is 2.21. The predicted molar refractivity (Wildman–Crippen MR) is 96.3 cm³/mol. The molecule has 4 rings (SSSR count). The van der Waals surface area contributed by atoms with Crippen LogP contribution in [-0.4, -0.2) is 33.9 Å². The highest BCUT2D eigenvalue weighted by molar-refractivity contribution is 6.22. The number of aromatic amines is 1. The molecule has 2 aromatic carbocycles. The van der Waals surface area contributed by atoms with Crippen molar-refractivity contribution >= 4 is 34.4 Å². The minimum absolute atomic E-state index is 0.0338. The molecule has 2 heterocycles. The maximum atomic E-state index is 12.0. The number of rotatable bonds is 3. The zero-order valence-corrected chi connectivity index (χ0v) is 13.7. The molecule has 1 aliphatic heterocycles. The Kier molecular flexibility index (Phi) is 3.65. The third-order valence-corrected chi connectivity index (χ3v) is 4.20. The van der Waals surface area contributed by atoms with Crippen LogP contribution in [0.5, 0.6) is 0 Å². The number of amides is 1. The third kappa shape index (κ3) is 2.71. The first-order valence-electron chi connectivity index (χ1n) is 8.12. The van der Waals surface area contributed by atoms with Crippen LogP contribution in [0, 0.1) is 0 Å². The maximum absolute atomic E-state index is 12.0. The van der Waals surface area contributed by atoms with Gasteiger partial charge in [0.2, 0.25) is 11.9 Å². The molecule has 0 aliphatic carbocycles. The molecule has 3 aromatic rings. The molecule has 0 bridgehead atoms. The first kappa shape index (κ1) is 15.3. The molecule has 1 amide bonds. The van der Waals surface area contributed by atoms with Crippen molar-refractivity contribution < 1.29 is 9.59 Å². The van der Waals surface area contributed by atoms with Gasteiger partial charge in [0.15, 0.2) is 5.78 Å². The summed E-state index contributed by atoms with van der Waals surface area (Å²) in [6.45, 7) is 1.95. The summed E-state index contributed by atoms with van der Waals surface area (Å²) in [5, 5.41) is 2.72. The number of fused-ring (bicyclic) bond motifs is 2. The Morgan fingerprint density at radius 2 is 2.00 bits per heavy atom. The monoisotopic (exact) mass is 332 g/mol. The van der Waals surface area contributed by atoms with Crippen molar-refractivity contribution in [3.8, 4) is 0 Å². The van der Waals surface area contributed by atoms with E-state index in [4.69, 9.17) is 0 Å². The molecule has 2 N–H and O–H groups in total. The lowest BCUT2D eigenvalue weighted by atomic mass is 9.92. The van der Waals surface area contributed by atoms with E-state index in [2.05, 4.69) is 20.3 Å². The Hall–Kier alpha value is -3.28. The van der Waals surface area contributed by atoms with Crippen molar-refractivity contribution in [2.75, 3.05) is 11.9 Å². The van der Waals surface area contributed by atoms with Gasteiger partial charge in [-0.1, -0.05) is 37.3 Å². The normalized spacial score (nSPS) is 13.5. The van der Waals surface area contributed by atoms with Crippen LogP contribution >= 0.6 is 0 Å². The zero-order chi connectivity index (χ0) is 17.4. The number of aromatic nitrogens is 2. The topological polar surface area (TPSA) is 87.2 Å². The fraction of sp³-hybridized carbons (Fsp3) is 0.158. The van der Waals surface area contributed by atoms with Gasteiger partial charge in [-0.25, -0.2) is 4.98 Å². The van der Waals surface area contributed by atoms with Gasteiger partial charge < -0.3 is 4.98 Å². The number of nitrogens with zero attached hydrogens (tertiary/aromatic N) is 2. The molecule has 6 heteroatoms. The van der Waals surface area contributed by atoms with Crippen molar-refractivity contribution in [3.05, 3.63) is 59.2 Å². The summed E-state index contributed by atoms with van der Waals surface area (Å²) in [4.78, 5) is 35.5. The van der Waals surface area contributed by atoms with E-state index < -0.39 is 0 Å². The zero-order valence-electron chi connectivity index (χ0n) is 13.7. The number of hydrogen-bond donors (Lipinski definition) is 2. The Morgan fingerprint density at radius 1 is 1.20 bits per heavy atom. The largest absolute Gasteiger partial charge is 0.324 e. The lowest BCUT2D eigenvalue weighted by molar-refractivity contribution is -0.115. The molecule has 25 heavy (non-hydrogen) atoms. The van der Waals surface area contributed by atoms with Gasteiger partial charge in [0.05, 0.1) is 16.7 Å². The Bertz CT molecular complexity index is 1030. The van der Waals surface area contributed by atoms with Gasteiger partial charge in [-0.3, -0.25) is 19.9 Å². The average Bonchev–Trinajstić information content (AvgIpc) is 3.03. The van der Waals surface area contributed by atoms with Crippen LogP contribution in [0.15, 0.2) is 47.5 Å². The molecule has 0 saturated heterocycles. The number of anilines is 1. The number of carbonyl (C=O) groups is 2. The van der Waals surface area contributed by atoms with Crippen LogP contribution in [0.3, 0.4) is 0 Å². The molecule has 1 aliphatic rings. The lowest BCUT2D eigenvalue weighted by Gasteiger charge is -2.16. The summed E-state index contributed by atoms with van der Waals surface area (Å²) in [6.07, 6.45) is 0.393. The smallest absolute Gasteiger partial charge is 0.226 e. The van der Waals surface area contributed by atoms with Gasteiger partial charge in [0.1, 0.15) is 6.54 Å². The number of nitrogens with one attached hydrogen (secondary N) is 2. The molecule has 124 valence electrons. The molecule has 1 aromatic heterocycles. The number of hydrogen-bond acceptors (Lipinski definition) is 4. The fourth-order valence-electron chi connectivity index (χ4n) is 2.94. The van der Waals surface area contributed by atoms with Gasteiger partial charge in [-0.2, -0.15) is 0 Å². The van der Waals surface area contributed by atoms with E-state index in [-0.39, 0.29) is 18.2 Å². The predicted octanol–water partition coefficient (Wildman–Crippen LogP) is 2.95. The molecule has 0 unspecified atom stereocenters. The number of carbonyl (C=O) groups excluding carboxylic acids is 2. The van der Waals surface area contributed by atoms with Crippen molar-refractivity contribution in [2.45, 2.75) is 13.3 Å². The second-order valence-corrected chi connectivity index (χ2v) is 5.85. The second-order valence-electron chi connectivity index (χ2n) is 5.85. The van der Waals surface area contributed by atoms with E-state index in [1.165, 1.54) is 0 Å². The molecular formula is C19H16N4O2. The Morgan fingerprint density at radius 3 is 2.80 bits per heavy atom. The summed E-state index contributed by atoms with van der Waals surface area (Å²) in [5.74, 6) is 0.370. The summed E-state index contributed by atoms with van der Waals surface area (Å²) < 4.78 is 0. The third-order valence-electron chi connectivity index (χ3n) is 4.20. The number of ketones is 1. The average molecular weight is 332 g/mol. The van der Waals surface area contributed by atoms with Gasteiger partial charge in [-0.05, 0) is 12.1 Å². The van der Waals surface area contributed by atoms with Crippen LogP contribution < -0.4 is 5.32 Å². The first-order chi connectivity index (χ1) is 12.2. The van der Waals surface area contributed by atoms with Crippen LogP contribution in [0.2, 0.25) is 0 Å². The minimum Gasteiger partial charge on any atom is -0.324 e. The number of H-pyrrole nitrogens is 1. The van der Waals surface area contributed by atoms with E-state index in [1.54, 1.807) is 6.92 Å². The van der Waals surface area contributed by atoms with E-state index in [1.807, 2.05) is 42.5 Å². The number of aliphatic imine (C=N–C) groups is 1. The van der Waals surface area contributed by atoms with E-state index in [0.29, 0.717) is 17.9 Å². The molecular weight excluding hydrogens is 316 g/mol. The van der Waals surface area contributed by atoms with Crippen molar-refractivity contribution in [1.29, 1.82) is 0 Å². The summed E-state index contributed by atoms with van der Waals surface area (Å²) in [6, 6.07) is 13.3. The Balaban J connectivity index is 1.75. The summed E-state index contributed by atoms with van der Waals surface area (Å²) >= 11 is 0. The van der Waals surface area contributed by atoms with E-state index in [9.17, 15) is 9.59 Å². The van der Waals surface area contributed by atoms with Crippen molar-refractivity contribution in [3.63, 3.8) is 0 Å². The highest BCUT2D eigenvalue weighted by Crippen LogP contribution is 2.23. The molecule has 0 fully saturated rings. The molecule has 6 nitrogen and oxygen atoms in total. The fourth-order valence-corrected chi connectivity index (χ4v) is 2.94. The van der Waals surface area contributed by atoms with Crippen LogP contribution in [0.4, 0.5) is 5.95 Å². The highest BCUT2D eigenvalue weighted by atomic mass is 16.1. The second kappa shape index (κ2) is 5.98. The molecule has 0 radical (unpaired) electrons. The maximum Gasteiger partial charge on any atom is 0.226 e. The van der Waals surface area contributed by atoms with Gasteiger partial charge in [-0.15, -0.1) is 0 Å². The molecule has 0 spiro atoms. The lowest BCUT2D eigenvalue weighted by Crippen LogP contribution is -2.19. The van der Waals surface area contributed by atoms with Crippen molar-refractivity contribution in [2.24, 2.45) is 4.99 Å². The van der Waals surface area contributed by atoms with Crippen LogP contribution in [0.1, 0.15) is 34.8 Å². The summed E-state index contributed by atoms with van der Waals surface area (Å²) in [7, 11) is 0. The summed E-state index contributed by atoms with van der Waals surface area (Å²) in [5.41, 5.74) is 4.82. The standard InChI is InChI=1S/C19H16N4O2/c1-2-17(25)23-19-21-14-8-7-11(9-15(14)22-19)18-13-6-4-3-5-12(13)16(24)10-20-18/h3-9H,2,10H2,1H3,(H2,21,22,23,25). The van der Waals surface area contributed by atoms with Crippen molar-refractivity contribution in [1.82, 2.24) is 9.97 Å². The number of Topliss-reactive ketones (excluding diaryl/α,β-unsaturated/α-hetero) is 1. The van der Waals surface area contributed by atoms with Gasteiger partial charge in [0.25, 0.3) is 0 Å². The minimum atomic E-state index is -0.0941. The van der Waals surface area contributed by atoms with Gasteiger partial charge in [0, 0.05) is 23.1 Å². The van der Waals surface area contributed by atoms with Crippen LogP contribution in [0.25, 0.3) is 11.0 Å². The molecule has 0 atom stereocenters. The number of imidazole rings is 1.